The Bertz CT molecular complexity index is 484. The van der Waals surface area contributed by atoms with Crippen LogP contribution in [0.5, 0.6) is 0 Å². The van der Waals surface area contributed by atoms with Crippen LogP contribution in [0.3, 0.4) is 0 Å². The summed E-state index contributed by atoms with van der Waals surface area (Å²) in [7, 11) is 0. The summed E-state index contributed by atoms with van der Waals surface area (Å²) in [6.07, 6.45) is 1.84. The van der Waals surface area contributed by atoms with E-state index in [-0.39, 0.29) is 11.8 Å². The lowest BCUT2D eigenvalue weighted by Gasteiger charge is -2.24. The minimum atomic E-state index is -0.731. The number of aryl methyl sites for hydroxylation is 2. The first-order valence-electron chi connectivity index (χ1n) is 7.41. The average Bonchev–Trinajstić information content (AvgIpc) is 2.68. The molecule has 0 aliphatic carbocycles. The number of halogens is 1. The largest absolute Gasteiger partial charge is 0.481 e. The van der Waals surface area contributed by atoms with Gasteiger partial charge in [-0.1, -0.05) is 25.4 Å². The third kappa shape index (κ3) is 5.67. The molecule has 1 heterocycles. The number of aliphatic carboxylic acids is 1. The minimum absolute atomic E-state index is 0.0239. The van der Waals surface area contributed by atoms with Gasteiger partial charge in [0, 0.05) is 19.5 Å². The van der Waals surface area contributed by atoms with Gasteiger partial charge in [-0.05, 0) is 38.6 Å². The number of nitrogens with zero attached hydrogens (tertiary/aromatic N) is 2. The number of rotatable bonds is 9. The van der Waals surface area contributed by atoms with Gasteiger partial charge < -0.3 is 10.4 Å². The molecule has 5 nitrogen and oxygen atoms in total. The smallest absolute Gasteiger partial charge is 0.303 e. The Morgan fingerprint density at radius 3 is 2.67 bits per heavy atom. The molecular weight excluding hydrogens is 290 g/mol. The molecule has 0 saturated carbocycles. The summed E-state index contributed by atoms with van der Waals surface area (Å²) in [5.74, 6) is -0.731. The molecule has 0 saturated heterocycles. The van der Waals surface area contributed by atoms with Crippen LogP contribution in [0.1, 0.15) is 51.4 Å². The minimum Gasteiger partial charge on any atom is -0.481 e. The number of carboxylic acid groups (broad SMARTS) is 1. The highest BCUT2D eigenvalue weighted by Gasteiger charge is 2.19. The van der Waals surface area contributed by atoms with E-state index in [1.807, 2.05) is 18.5 Å². The van der Waals surface area contributed by atoms with Crippen LogP contribution < -0.4 is 5.32 Å². The molecule has 0 bridgehead atoms. The molecule has 0 aliphatic rings. The van der Waals surface area contributed by atoms with Crippen molar-refractivity contribution in [3.63, 3.8) is 0 Å². The van der Waals surface area contributed by atoms with Gasteiger partial charge in [0.15, 0.2) is 0 Å². The number of nitrogens with one attached hydrogen (secondary N) is 1. The average molecular weight is 316 g/mol. The highest BCUT2D eigenvalue weighted by atomic mass is 35.5. The molecule has 21 heavy (non-hydrogen) atoms. The van der Waals surface area contributed by atoms with Crippen LogP contribution >= 0.6 is 11.6 Å². The molecule has 1 aromatic rings. The van der Waals surface area contributed by atoms with E-state index in [4.69, 9.17) is 16.7 Å². The van der Waals surface area contributed by atoms with E-state index in [1.165, 1.54) is 0 Å². The molecule has 120 valence electrons. The van der Waals surface area contributed by atoms with Crippen molar-refractivity contribution in [3.8, 4) is 0 Å². The summed E-state index contributed by atoms with van der Waals surface area (Å²) in [5.41, 5.74) is 1.90. The normalized spacial score (nSPS) is 11.9. The van der Waals surface area contributed by atoms with E-state index in [2.05, 4.69) is 24.3 Å². The highest BCUT2D eigenvalue weighted by Crippen LogP contribution is 2.26. The summed E-state index contributed by atoms with van der Waals surface area (Å²) in [6.45, 7) is 10.5. The van der Waals surface area contributed by atoms with Crippen LogP contribution in [-0.2, 0) is 17.9 Å². The predicted molar refractivity (Wildman–Crippen MR) is 84.6 cm³/mol. The van der Waals surface area contributed by atoms with Gasteiger partial charge in [-0.3, -0.25) is 9.48 Å². The van der Waals surface area contributed by atoms with Gasteiger partial charge in [-0.25, -0.2) is 0 Å². The zero-order chi connectivity index (χ0) is 16.0. The Morgan fingerprint density at radius 2 is 2.10 bits per heavy atom. The van der Waals surface area contributed by atoms with Crippen molar-refractivity contribution in [1.29, 1.82) is 0 Å². The molecule has 0 aliphatic heterocycles. The van der Waals surface area contributed by atoms with Crippen LogP contribution in [0.15, 0.2) is 0 Å². The van der Waals surface area contributed by atoms with Crippen molar-refractivity contribution in [2.24, 2.45) is 5.41 Å². The Hall–Kier alpha value is -1.07. The maximum absolute atomic E-state index is 10.6. The first-order valence-corrected chi connectivity index (χ1v) is 7.79. The predicted octanol–water partition coefficient (Wildman–Crippen LogP) is 3.24. The Morgan fingerprint density at radius 1 is 1.43 bits per heavy atom. The molecule has 1 rings (SSSR count). The van der Waals surface area contributed by atoms with Gasteiger partial charge in [0.2, 0.25) is 0 Å². The zero-order valence-corrected chi connectivity index (χ0v) is 14.1. The number of aromatic nitrogens is 2. The fourth-order valence-corrected chi connectivity index (χ4v) is 2.44. The van der Waals surface area contributed by atoms with Gasteiger partial charge in [-0.2, -0.15) is 5.10 Å². The second kappa shape index (κ2) is 7.80. The molecule has 2 N–H and O–H groups in total. The topological polar surface area (TPSA) is 67.2 Å². The van der Waals surface area contributed by atoms with Crippen molar-refractivity contribution in [3.05, 3.63) is 16.4 Å². The maximum Gasteiger partial charge on any atom is 0.303 e. The van der Waals surface area contributed by atoms with E-state index in [1.54, 1.807) is 0 Å². The molecule has 0 unspecified atom stereocenters. The summed E-state index contributed by atoms with van der Waals surface area (Å²) in [4.78, 5) is 10.6. The van der Waals surface area contributed by atoms with Crippen LogP contribution in [0.2, 0.25) is 5.02 Å². The van der Waals surface area contributed by atoms with Gasteiger partial charge >= 0.3 is 5.97 Å². The van der Waals surface area contributed by atoms with Crippen molar-refractivity contribution in [2.45, 2.75) is 60.0 Å². The number of hydrogen-bond acceptors (Lipinski definition) is 3. The van der Waals surface area contributed by atoms with E-state index < -0.39 is 5.97 Å². The molecule has 0 radical (unpaired) electrons. The van der Waals surface area contributed by atoms with Crippen LogP contribution in [-0.4, -0.2) is 27.4 Å². The lowest BCUT2D eigenvalue weighted by molar-refractivity contribution is -0.137. The second-order valence-electron chi connectivity index (χ2n) is 6.15. The quantitative estimate of drug-likeness (QED) is 0.687. The van der Waals surface area contributed by atoms with Gasteiger partial charge in [0.05, 0.1) is 16.4 Å². The van der Waals surface area contributed by atoms with Crippen LogP contribution in [0.4, 0.5) is 0 Å². The van der Waals surface area contributed by atoms with E-state index in [9.17, 15) is 4.79 Å². The summed E-state index contributed by atoms with van der Waals surface area (Å²) in [6, 6.07) is 0. The van der Waals surface area contributed by atoms with E-state index in [0.717, 1.165) is 35.9 Å². The highest BCUT2D eigenvalue weighted by molar-refractivity contribution is 6.31. The van der Waals surface area contributed by atoms with Gasteiger partial charge in [0.1, 0.15) is 0 Å². The van der Waals surface area contributed by atoms with Crippen molar-refractivity contribution < 1.29 is 9.90 Å². The van der Waals surface area contributed by atoms with Crippen molar-refractivity contribution in [1.82, 2.24) is 15.1 Å². The first-order chi connectivity index (χ1) is 9.76. The second-order valence-corrected chi connectivity index (χ2v) is 6.52. The molecule has 0 aromatic carbocycles. The third-order valence-electron chi connectivity index (χ3n) is 3.74. The Balaban J connectivity index is 2.42. The number of carboxylic acids is 1. The summed E-state index contributed by atoms with van der Waals surface area (Å²) >= 11 is 6.26. The number of hydrogen-bond donors (Lipinski definition) is 2. The van der Waals surface area contributed by atoms with E-state index in [0.29, 0.717) is 13.0 Å². The molecule has 0 atom stereocenters. The SMILES string of the molecule is CCn1nc(C)c(Cl)c1CNCCC(C)(C)CCC(=O)O. The van der Waals surface area contributed by atoms with Crippen molar-refractivity contribution in [2.75, 3.05) is 6.54 Å². The van der Waals surface area contributed by atoms with Crippen LogP contribution in [0.25, 0.3) is 0 Å². The van der Waals surface area contributed by atoms with Gasteiger partial charge in [-0.15, -0.1) is 0 Å². The zero-order valence-electron chi connectivity index (χ0n) is 13.4. The first kappa shape index (κ1) is 18.0. The molecule has 1 aromatic heterocycles. The van der Waals surface area contributed by atoms with E-state index >= 15 is 0 Å². The standard InChI is InChI=1S/C15H26ClN3O2/c1-5-19-12(14(16)11(2)18-19)10-17-9-8-15(3,4)7-6-13(20)21/h17H,5-10H2,1-4H3,(H,20,21). The lowest BCUT2D eigenvalue weighted by atomic mass is 9.84. The summed E-state index contributed by atoms with van der Waals surface area (Å²) in [5, 5.41) is 17.2. The molecule has 0 fully saturated rings. The van der Waals surface area contributed by atoms with Gasteiger partial charge in [0.25, 0.3) is 0 Å². The number of carbonyl (C=O) groups is 1. The Kier molecular flexibility index (Phi) is 6.68. The lowest BCUT2D eigenvalue weighted by Crippen LogP contribution is -2.24. The monoisotopic (exact) mass is 315 g/mol. The van der Waals surface area contributed by atoms with Crippen molar-refractivity contribution >= 4 is 17.6 Å². The fourth-order valence-electron chi connectivity index (χ4n) is 2.24. The Labute approximate surface area is 131 Å². The molecule has 6 heteroatoms. The van der Waals surface area contributed by atoms with Crippen LogP contribution in [0, 0.1) is 12.3 Å². The third-order valence-corrected chi connectivity index (χ3v) is 4.23. The molecule has 0 amide bonds. The molecular formula is C15H26ClN3O2. The maximum atomic E-state index is 10.6. The molecule has 0 spiro atoms. The summed E-state index contributed by atoms with van der Waals surface area (Å²) < 4.78 is 1.92. The fraction of sp³-hybridized carbons (Fsp3) is 0.733.